The number of carbonyl (C=O) groups is 1. The van der Waals surface area contributed by atoms with Crippen molar-refractivity contribution in [1.29, 1.82) is 0 Å². The zero-order valence-electron chi connectivity index (χ0n) is 19.7. The van der Waals surface area contributed by atoms with Gasteiger partial charge in [-0.05, 0) is 44.2 Å². The Kier molecular flexibility index (Phi) is 6.74. The Bertz CT molecular complexity index is 1300. The first kappa shape index (κ1) is 23.2. The summed E-state index contributed by atoms with van der Waals surface area (Å²) in [6, 6.07) is 9.46. The van der Waals surface area contributed by atoms with Gasteiger partial charge in [-0.1, -0.05) is 0 Å². The first-order valence-electron chi connectivity index (χ1n) is 11.1. The number of pyridine rings is 3. The molecule has 0 fully saturated rings. The molecule has 4 aromatic rings. The number of hydrogen-bond donors (Lipinski definition) is 3. The monoisotopic (exact) mass is 460 g/mol. The highest BCUT2D eigenvalue weighted by Gasteiger charge is 2.20. The van der Waals surface area contributed by atoms with Crippen LogP contribution in [0.1, 0.15) is 20.8 Å². The zero-order chi connectivity index (χ0) is 24.2. The molecular formula is C25H28N6O3. The molecule has 0 bridgehead atoms. The molecule has 34 heavy (non-hydrogen) atoms. The summed E-state index contributed by atoms with van der Waals surface area (Å²) < 4.78 is 5.27. The van der Waals surface area contributed by atoms with E-state index in [1.165, 1.54) is 6.92 Å². The van der Waals surface area contributed by atoms with E-state index in [9.17, 15) is 9.90 Å². The lowest BCUT2D eigenvalue weighted by Gasteiger charge is -2.24. The molecule has 176 valence electrons. The number of H-pyrrole nitrogens is 1. The maximum Gasteiger partial charge on any atom is 0.222 e. The zero-order valence-corrected chi connectivity index (χ0v) is 19.7. The van der Waals surface area contributed by atoms with E-state index in [4.69, 9.17) is 9.72 Å². The molecule has 4 aromatic heterocycles. The predicted octanol–water partition coefficient (Wildman–Crippen LogP) is 3.86. The first-order valence-corrected chi connectivity index (χ1v) is 11.1. The highest BCUT2D eigenvalue weighted by atomic mass is 16.5. The van der Waals surface area contributed by atoms with Crippen molar-refractivity contribution in [2.24, 2.45) is 0 Å². The van der Waals surface area contributed by atoms with Gasteiger partial charge in [0.1, 0.15) is 11.6 Å². The van der Waals surface area contributed by atoms with Crippen LogP contribution in [0.15, 0.2) is 48.9 Å². The number of rotatable bonds is 8. The van der Waals surface area contributed by atoms with Crippen LogP contribution in [0.2, 0.25) is 0 Å². The maximum absolute atomic E-state index is 11.5. The lowest BCUT2D eigenvalue weighted by Crippen LogP contribution is -2.30. The van der Waals surface area contributed by atoms with Crippen LogP contribution in [0.25, 0.3) is 33.5 Å². The fourth-order valence-electron chi connectivity index (χ4n) is 3.92. The highest BCUT2D eigenvalue weighted by Crippen LogP contribution is 2.38. The molecule has 0 aliphatic heterocycles. The highest BCUT2D eigenvalue weighted by molar-refractivity contribution is 6.01. The van der Waals surface area contributed by atoms with Crippen LogP contribution < -0.4 is 15.0 Å². The number of nitrogens with one attached hydrogen (secondary N) is 2. The Labute approximate surface area is 197 Å². The minimum atomic E-state index is -0.460. The summed E-state index contributed by atoms with van der Waals surface area (Å²) in [6.45, 7) is 6.50. The number of fused-ring (bicyclic) bond motifs is 1. The molecule has 0 aliphatic rings. The minimum Gasteiger partial charge on any atom is -0.495 e. The quantitative estimate of drug-likeness (QED) is 0.366. The van der Waals surface area contributed by atoms with E-state index in [1.54, 1.807) is 26.4 Å². The lowest BCUT2D eigenvalue weighted by atomic mass is 10.0. The third kappa shape index (κ3) is 4.84. The van der Waals surface area contributed by atoms with Crippen LogP contribution in [-0.4, -0.2) is 57.3 Å². The van der Waals surface area contributed by atoms with Gasteiger partial charge in [0.2, 0.25) is 5.91 Å². The van der Waals surface area contributed by atoms with Crippen molar-refractivity contribution in [1.82, 2.24) is 19.9 Å². The van der Waals surface area contributed by atoms with Crippen LogP contribution in [0.5, 0.6) is 5.75 Å². The Hall–Kier alpha value is -3.98. The molecule has 3 N–H and O–H groups in total. The van der Waals surface area contributed by atoms with E-state index < -0.39 is 6.10 Å². The van der Waals surface area contributed by atoms with Crippen LogP contribution >= 0.6 is 0 Å². The molecule has 4 rings (SSSR count). The number of anilines is 2. The van der Waals surface area contributed by atoms with E-state index >= 15 is 0 Å². The number of methoxy groups -OCH3 is 1. The SMILES string of the molecule is CCN(CC(C)O)c1cnc2c(-c3ccc(OC)cn3)c(-c3ccnc(NC(C)=O)c3)[nH]c2c1. The van der Waals surface area contributed by atoms with Crippen molar-refractivity contribution in [3.8, 4) is 28.3 Å². The Balaban J connectivity index is 1.89. The van der Waals surface area contributed by atoms with Crippen molar-refractivity contribution >= 4 is 28.4 Å². The number of ether oxygens (including phenoxy) is 1. The van der Waals surface area contributed by atoms with Crippen molar-refractivity contribution in [2.45, 2.75) is 26.9 Å². The fourth-order valence-corrected chi connectivity index (χ4v) is 3.92. The predicted molar refractivity (Wildman–Crippen MR) is 133 cm³/mol. The Morgan fingerprint density at radius 1 is 1.21 bits per heavy atom. The van der Waals surface area contributed by atoms with E-state index in [2.05, 4.69) is 25.2 Å². The van der Waals surface area contributed by atoms with Crippen molar-refractivity contribution in [3.05, 3.63) is 48.9 Å². The summed E-state index contributed by atoms with van der Waals surface area (Å²) in [5.74, 6) is 0.927. The number of aliphatic hydroxyl groups excluding tert-OH is 1. The largest absolute Gasteiger partial charge is 0.495 e. The molecule has 4 heterocycles. The van der Waals surface area contributed by atoms with Crippen LogP contribution in [0.3, 0.4) is 0 Å². The van der Waals surface area contributed by atoms with Crippen LogP contribution in [-0.2, 0) is 4.79 Å². The smallest absolute Gasteiger partial charge is 0.222 e. The molecule has 0 aliphatic carbocycles. The summed E-state index contributed by atoms with van der Waals surface area (Å²) in [5.41, 5.74) is 5.72. The van der Waals surface area contributed by atoms with Gasteiger partial charge in [-0.2, -0.15) is 0 Å². The molecule has 9 heteroatoms. The number of aromatic nitrogens is 4. The Morgan fingerprint density at radius 2 is 2.03 bits per heavy atom. The molecule has 0 spiro atoms. The van der Waals surface area contributed by atoms with Gasteiger partial charge in [0.05, 0.1) is 59.3 Å². The van der Waals surface area contributed by atoms with Gasteiger partial charge in [0.15, 0.2) is 0 Å². The van der Waals surface area contributed by atoms with Crippen molar-refractivity contribution < 1.29 is 14.6 Å². The molecule has 9 nitrogen and oxygen atoms in total. The molecule has 1 amide bonds. The summed E-state index contributed by atoms with van der Waals surface area (Å²) in [4.78, 5) is 30.7. The number of likely N-dealkylation sites (N-methyl/N-ethyl adjacent to an activating group) is 1. The average molecular weight is 461 g/mol. The summed E-state index contributed by atoms with van der Waals surface area (Å²) in [6.07, 6.45) is 4.67. The fraction of sp³-hybridized carbons (Fsp3) is 0.280. The van der Waals surface area contributed by atoms with Gasteiger partial charge in [-0.3, -0.25) is 14.8 Å². The maximum atomic E-state index is 11.5. The molecule has 1 unspecified atom stereocenters. The standard InChI is InChI=1S/C25H28N6O3/c1-5-31(14-15(2)32)18-11-21-25(28-12-18)23(20-7-6-19(34-4)13-27-20)24(30-21)17-8-9-26-22(10-17)29-16(3)33/h6-13,15,30,32H,5,14H2,1-4H3,(H,26,29,33). The molecule has 0 aromatic carbocycles. The lowest BCUT2D eigenvalue weighted by molar-refractivity contribution is -0.114. The number of carbonyl (C=O) groups excluding carboxylic acids is 1. The second kappa shape index (κ2) is 9.88. The summed E-state index contributed by atoms with van der Waals surface area (Å²) >= 11 is 0. The molecular weight excluding hydrogens is 432 g/mol. The number of amides is 1. The second-order valence-corrected chi connectivity index (χ2v) is 8.05. The number of nitrogens with zero attached hydrogens (tertiary/aromatic N) is 4. The Morgan fingerprint density at radius 3 is 2.68 bits per heavy atom. The van der Waals surface area contributed by atoms with E-state index in [1.807, 2.05) is 43.5 Å². The van der Waals surface area contributed by atoms with Crippen molar-refractivity contribution in [3.63, 3.8) is 0 Å². The summed E-state index contributed by atoms with van der Waals surface area (Å²) in [7, 11) is 1.60. The van der Waals surface area contributed by atoms with Crippen LogP contribution in [0, 0.1) is 0 Å². The van der Waals surface area contributed by atoms with Gasteiger partial charge in [-0.25, -0.2) is 4.98 Å². The average Bonchev–Trinajstić information content (AvgIpc) is 3.21. The van der Waals surface area contributed by atoms with E-state index in [0.717, 1.165) is 45.8 Å². The van der Waals surface area contributed by atoms with Crippen LogP contribution in [0.4, 0.5) is 11.5 Å². The normalized spacial score (nSPS) is 11.9. The molecule has 1 atom stereocenters. The van der Waals surface area contributed by atoms with Crippen molar-refractivity contribution in [2.75, 3.05) is 30.4 Å². The molecule has 0 radical (unpaired) electrons. The molecule has 0 saturated heterocycles. The summed E-state index contributed by atoms with van der Waals surface area (Å²) in [5, 5.41) is 12.6. The first-order chi connectivity index (χ1) is 16.4. The van der Waals surface area contributed by atoms with Gasteiger partial charge >= 0.3 is 0 Å². The van der Waals surface area contributed by atoms with Gasteiger partial charge in [0, 0.05) is 31.8 Å². The molecule has 0 saturated carbocycles. The number of aromatic amines is 1. The van der Waals surface area contributed by atoms with Gasteiger partial charge in [-0.15, -0.1) is 0 Å². The van der Waals surface area contributed by atoms with E-state index in [-0.39, 0.29) is 5.91 Å². The van der Waals surface area contributed by atoms with E-state index in [0.29, 0.717) is 18.1 Å². The van der Waals surface area contributed by atoms with Gasteiger partial charge in [0.25, 0.3) is 0 Å². The minimum absolute atomic E-state index is 0.192. The third-order valence-corrected chi connectivity index (χ3v) is 5.43. The number of hydrogen-bond acceptors (Lipinski definition) is 7. The topological polar surface area (TPSA) is 116 Å². The van der Waals surface area contributed by atoms with Gasteiger partial charge < -0.3 is 25.0 Å². The second-order valence-electron chi connectivity index (χ2n) is 8.05. The third-order valence-electron chi connectivity index (χ3n) is 5.43. The number of aliphatic hydroxyl groups is 1.